The van der Waals surface area contributed by atoms with Gasteiger partial charge >= 0.3 is 6.43 Å². The highest BCUT2D eigenvalue weighted by molar-refractivity contribution is 6.32. The summed E-state index contributed by atoms with van der Waals surface area (Å²) >= 11 is 6.14. The Morgan fingerprint density at radius 1 is 1.29 bits per heavy atom. The average Bonchev–Trinajstić information content (AvgIpc) is 3.40. The van der Waals surface area contributed by atoms with E-state index in [0.29, 0.717) is 16.5 Å². The maximum Gasteiger partial charge on any atom is 0.304 e. The molecule has 4 rings (SSSR count). The number of amides is 2. The monoisotopic (exact) mass is 493 g/mol. The number of hydrogen-bond acceptors (Lipinski definition) is 6. The molecule has 4 aromatic rings. The first-order valence-electron chi connectivity index (χ1n) is 9.55. The van der Waals surface area contributed by atoms with Crippen LogP contribution in [0.25, 0.3) is 16.7 Å². The molecule has 0 fully saturated rings. The average molecular weight is 494 g/mol. The van der Waals surface area contributed by atoms with Crippen LogP contribution in [0.15, 0.2) is 36.7 Å². The van der Waals surface area contributed by atoms with E-state index in [2.05, 4.69) is 30.3 Å². The number of carbonyl (C=O) groups is 2. The quantitative estimate of drug-likeness (QED) is 0.360. The van der Waals surface area contributed by atoms with Gasteiger partial charge in [-0.15, -0.1) is 5.10 Å². The molecular weight excluding hydrogens is 479 g/mol. The molecule has 0 spiro atoms. The lowest BCUT2D eigenvalue weighted by atomic mass is 10.0. The number of benzene rings is 1. The molecule has 0 saturated carbocycles. The number of alkyl halides is 3. The van der Waals surface area contributed by atoms with Gasteiger partial charge < -0.3 is 15.8 Å². The minimum atomic E-state index is -3.44. The molecule has 14 heteroatoms. The second-order valence-corrected chi connectivity index (χ2v) is 7.40. The number of carbonyl (C=O) groups excluding carboxylic acids is 2. The topological polar surface area (TPSA) is 141 Å². The summed E-state index contributed by atoms with van der Waals surface area (Å²) in [6, 6.07) is 5.57. The molecule has 1 unspecified atom stereocenters. The number of nitrogens with zero attached hydrogens (tertiary/aromatic N) is 4. The van der Waals surface area contributed by atoms with Crippen molar-refractivity contribution in [2.75, 3.05) is 5.32 Å². The number of halogens is 4. The van der Waals surface area contributed by atoms with Crippen LogP contribution in [0, 0.1) is 6.92 Å². The van der Waals surface area contributed by atoms with Crippen molar-refractivity contribution in [2.24, 2.45) is 5.73 Å². The molecule has 3 heterocycles. The summed E-state index contributed by atoms with van der Waals surface area (Å²) in [6.07, 6.45) is -3.59. The maximum absolute atomic E-state index is 13.5. The summed E-state index contributed by atoms with van der Waals surface area (Å²) < 4.78 is 44.1. The molecule has 0 aliphatic heterocycles. The van der Waals surface area contributed by atoms with E-state index in [0.717, 1.165) is 10.7 Å². The molecule has 10 nitrogen and oxygen atoms in total. The van der Waals surface area contributed by atoms with Crippen LogP contribution in [0.1, 0.15) is 26.4 Å². The van der Waals surface area contributed by atoms with Gasteiger partial charge in [-0.25, -0.2) is 18.4 Å². The van der Waals surface area contributed by atoms with Gasteiger partial charge in [0.15, 0.2) is 5.82 Å². The van der Waals surface area contributed by atoms with Crippen molar-refractivity contribution in [3.63, 3.8) is 0 Å². The first kappa shape index (κ1) is 23.0. The molecule has 1 aromatic carbocycles. The molecule has 0 saturated heterocycles. The van der Waals surface area contributed by atoms with Crippen molar-refractivity contribution in [2.45, 2.75) is 19.7 Å². The van der Waals surface area contributed by atoms with Crippen molar-refractivity contribution in [1.82, 2.24) is 25.0 Å². The highest BCUT2D eigenvalue weighted by Gasteiger charge is 2.27. The van der Waals surface area contributed by atoms with Gasteiger partial charge in [-0.05, 0) is 30.7 Å². The fourth-order valence-corrected chi connectivity index (χ4v) is 3.46. The number of rotatable bonds is 7. The van der Waals surface area contributed by atoms with Gasteiger partial charge in [0, 0.05) is 17.6 Å². The third kappa shape index (κ3) is 4.24. The van der Waals surface area contributed by atoms with Crippen LogP contribution in [0.4, 0.5) is 18.9 Å². The van der Waals surface area contributed by atoms with E-state index >= 15 is 0 Å². The third-order valence-electron chi connectivity index (χ3n) is 4.71. The minimum absolute atomic E-state index is 0.0271. The van der Waals surface area contributed by atoms with Crippen molar-refractivity contribution < 1.29 is 27.5 Å². The number of H-pyrrole nitrogens is 1. The summed E-state index contributed by atoms with van der Waals surface area (Å²) in [5.74, 6) is -2.36. The zero-order valence-corrected chi connectivity index (χ0v) is 18.0. The highest BCUT2D eigenvalue weighted by Crippen LogP contribution is 2.30. The van der Waals surface area contributed by atoms with Crippen LogP contribution in [0.5, 0.6) is 5.88 Å². The number of hydrogen-bond donors (Lipinski definition) is 3. The number of ether oxygens (including phenoxy) is 1. The number of aromatic nitrogens is 5. The smallest absolute Gasteiger partial charge is 0.304 e. The highest BCUT2D eigenvalue weighted by atomic mass is 35.5. The van der Waals surface area contributed by atoms with E-state index in [1.807, 2.05) is 0 Å². The molecule has 176 valence electrons. The molecule has 4 N–H and O–H groups in total. The minimum Gasteiger partial charge on any atom is -0.436 e. The fourth-order valence-electron chi connectivity index (χ4n) is 3.26. The van der Waals surface area contributed by atoms with E-state index < -0.39 is 30.5 Å². The van der Waals surface area contributed by atoms with E-state index in [4.69, 9.17) is 17.3 Å². The molecule has 0 bridgehead atoms. The Morgan fingerprint density at radius 3 is 2.74 bits per heavy atom. The number of nitrogens with one attached hydrogen (secondary N) is 2. The Labute approximate surface area is 193 Å². The molecule has 0 radical (unpaired) electrons. The lowest BCUT2D eigenvalue weighted by Crippen LogP contribution is -2.22. The fraction of sp³-hybridized carbons (Fsp3) is 0.150. The molecule has 0 aliphatic rings. The SMILES string of the molecule is Cc1cc2cn[nH]c2c(C(N)=O)c1NC(=O)c1cc(OC(F)C(F)F)nn1-c1ncccc1Cl. The Kier molecular flexibility index (Phi) is 6.11. The van der Waals surface area contributed by atoms with Crippen molar-refractivity contribution >= 4 is 40.0 Å². The van der Waals surface area contributed by atoms with E-state index in [1.54, 1.807) is 13.0 Å². The second-order valence-electron chi connectivity index (χ2n) is 6.99. The summed E-state index contributed by atoms with van der Waals surface area (Å²) in [4.78, 5) is 29.4. The van der Waals surface area contributed by atoms with E-state index in [9.17, 15) is 22.8 Å². The van der Waals surface area contributed by atoms with Gasteiger partial charge in [-0.3, -0.25) is 14.7 Å². The number of primary amides is 1. The molecule has 3 aromatic heterocycles. The van der Waals surface area contributed by atoms with Crippen LogP contribution in [-0.4, -0.2) is 49.6 Å². The molecule has 1 atom stereocenters. The first-order chi connectivity index (χ1) is 16.2. The van der Waals surface area contributed by atoms with Gasteiger partial charge in [-0.2, -0.15) is 9.49 Å². The number of nitrogens with two attached hydrogens (primary N) is 1. The number of anilines is 1. The van der Waals surface area contributed by atoms with Crippen LogP contribution < -0.4 is 15.8 Å². The van der Waals surface area contributed by atoms with Gasteiger partial charge in [0.1, 0.15) is 5.69 Å². The van der Waals surface area contributed by atoms with Gasteiger partial charge in [0.2, 0.25) is 5.88 Å². The second kappa shape index (κ2) is 9.02. The lowest BCUT2D eigenvalue weighted by molar-refractivity contribution is -0.0691. The molecular formula is C20H15ClF3N7O3. The largest absolute Gasteiger partial charge is 0.436 e. The molecule has 0 aliphatic carbocycles. The van der Waals surface area contributed by atoms with E-state index in [1.165, 1.54) is 24.5 Å². The first-order valence-corrected chi connectivity index (χ1v) is 9.92. The normalized spacial score (nSPS) is 12.2. The van der Waals surface area contributed by atoms with Gasteiger partial charge in [0.25, 0.3) is 18.2 Å². The summed E-state index contributed by atoms with van der Waals surface area (Å²) in [5, 5.41) is 13.6. The van der Waals surface area contributed by atoms with Crippen LogP contribution in [0.2, 0.25) is 5.02 Å². The molecule has 34 heavy (non-hydrogen) atoms. The Hall–Kier alpha value is -4.13. The maximum atomic E-state index is 13.5. The van der Waals surface area contributed by atoms with Crippen molar-refractivity contribution in [1.29, 1.82) is 0 Å². The Bertz CT molecular complexity index is 1410. The number of aryl methyl sites for hydroxylation is 1. The predicted octanol–water partition coefficient (Wildman–Crippen LogP) is 3.40. The number of pyridine rings is 1. The van der Waals surface area contributed by atoms with Gasteiger partial charge in [-0.1, -0.05) is 11.6 Å². The van der Waals surface area contributed by atoms with Gasteiger partial charge in [0.05, 0.1) is 28.0 Å². The standard InChI is InChI=1S/C20H15ClF3N7O3/c1-8-5-9-7-27-29-15(9)13(18(25)32)14(8)28-20(33)11-6-12(34-17(24)16(22)23)30-31(11)19-10(21)3-2-4-26-19/h2-7,16-17H,1H3,(H2,25,32)(H,27,29)(H,28,33). The van der Waals surface area contributed by atoms with Crippen LogP contribution in [0.3, 0.4) is 0 Å². The lowest BCUT2D eigenvalue weighted by Gasteiger charge is -2.14. The number of fused-ring (bicyclic) bond motifs is 1. The zero-order valence-electron chi connectivity index (χ0n) is 17.2. The third-order valence-corrected chi connectivity index (χ3v) is 5.01. The Morgan fingerprint density at radius 2 is 2.06 bits per heavy atom. The summed E-state index contributed by atoms with van der Waals surface area (Å²) in [6.45, 7) is 1.63. The predicted molar refractivity (Wildman–Crippen MR) is 115 cm³/mol. The Balaban J connectivity index is 1.80. The number of aromatic amines is 1. The molecule has 2 amide bonds. The van der Waals surface area contributed by atoms with Crippen molar-refractivity contribution in [3.05, 3.63) is 58.5 Å². The van der Waals surface area contributed by atoms with Crippen LogP contribution >= 0.6 is 11.6 Å². The van der Waals surface area contributed by atoms with Crippen molar-refractivity contribution in [3.8, 4) is 11.7 Å². The summed E-state index contributed by atoms with van der Waals surface area (Å²) in [5.41, 5.74) is 6.07. The summed E-state index contributed by atoms with van der Waals surface area (Å²) in [7, 11) is 0. The van der Waals surface area contributed by atoms with E-state index in [-0.39, 0.29) is 27.8 Å². The zero-order chi connectivity index (χ0) is 24.6. The van der Waals surface area contributed by atoms with Crippen LogP contribution in [-0.2, 0) is 0 Å².